The van der Waals surface area contributed by atoms with E-state index in [0.29, 0.717) is 44.9 Å². The SMILES string of the molecule is N#Cc1ccc(C(=O)c2cccc(C(=O)c3ccc(C#N)c(Oc4ccccc4)c3)c2)cc1Oc1ccccc1. The number of benzene rings is 5. The molecular weight excluding hydrogens is 500 g/mol. The van der Waals surface area contributed by atoms with Crippen molar-refractivity contribution in [1.29, 1.82) is 10.5 Å². The van der Waals surface area contributed by atoms with Crippen LogP contribution in [0.4, 0.5) is 0 Å². The Hall–Kier alpha value is -5.98. The molecule has 0 atom stereocenters. The lowest BCUT2D eigenvalue weighted by Crippen LogP contribution is -2.07. The predicted molar refractivity (Wildman–Crippen MR) is 149 cm³/mol. The molecule has 0 aliphatic heterocycles. The van der Waals surface area contributed by atoms with Gasteiger partial charge < -0.3 is 9.47 Å². The van der Waals surface area contributed by atoms with E-state index in [1.165, 1.54) is 30.3 Å². The molecule has 0 saturated heterocycles. The van der Waals surface area contributed by atoms with Gasteiger partial charge in [0, 0.05) is 22.3 Å². The number of ketones is 2. The first-order chi connectivity index (χ1) is 19.6. The third kappa shape index (κ3) is 5.62. The van der Waals surface area contributed by atoms with E-state index in [-0.39, 0.29) is 23.1 Å². The van der Waals surface area contributed by atoms with Crippen molar-refractivity contribution >= 4 is 11.6 Å². The van der Waals surface area contributed by atoms with Crippen LogP contribution in [-0.4, -0.2) is 11.6 Å². The molecular formula is C34H20N2O4. The van der Waals surface area contributed by atoms with E-state index in [4.69, 9.17) is 9.47 Å². The first-order valence-electron chi connectivity index (χ1n) is 12.3. The van der Waals surface area contributed by atoms with Gasteiger partial charge in [-0.05, 0) is 66.7 Å². The molecule has 5 aromatic carbocycles. The van der Waals surface area contributed by atoms with Crippen LogP contribution in [0, 0.1) is 22.7 Å². The number of nitriles is 2. The highest BCUT2D eigenvalue weighted by Gasteiger charge is 2.18. The van der Waals surface area contributed by atoms with Gasteiger partial charge in [0.15, 0.2) is 11.6 Å². The summed E-state index contributed by atoms with van der Waals surface area (Å²) < 4.78 is 11.7. The minimum absolute atomic E-state index is 0.260. The summed E-state index contributed by atoms with van der Waals surface area (Å²) in [5.41, 5.74) is 1.81. The van der Waals surface area contributed by atoms with Gasteiger partial charge in [0.2, 0.25) is 0 Å². The van der Waals surface area contributed by atoms with Crippen LogP contribution < -0.4 is 9.47 Å². The molecule has 0 heterocycles. The molecule has 5 rings (SSSR count). The maximum Gasteiger partial charge on any atom is 0.193 e. The summed E-state index contributed by atoms with van der Waals surface area (Å²) in [5, 5.41) is 19.0. The largest absolute Gasteiger partial charge is 0.456 e. The van der Waals surface area contributed by atoms with E-state index in [2.05, 4.69) is 12.1 Å². The van der Waals surface area contributed by atoms with Crippen molar-refractivity contribution in [3.8, 4) is 35.1 Å². The molecule has 0 unspecified atom stereocenters. The first-order valence-corrected chi connectivity index (χ1v) is 12.3. The summed E-state index contributed by atoms with van der Waals surface area (Å²) >= 11 is 0. The van der Waals surface area contributed by atoms with Gasteiger partial charge >= 0.3 is 0 Å². The zero-order chi connectivity index (χ0) is 27.9. The van der Waals surface area contributed by atoms with Crippen molar-refractivity contribution in [2.75, 3.05) is 0 Å². The highest BCUT2D eigenvalue weighted by Crippen LogP contribution is 2.29. The molecule has 190 valence electrons. The molecule has 6 nitrogen and oxygen atoms in total. The topological polar surface area (TPSA) is 100 Å². The number of hydrogen-bond acceptors (Lipinski definition) is 6. The quantitative estimate of drug-likeness (QED) is 0.197. The Morgan fingerprint density at radius 1 is 0.475 bits per heavy atom. The molecule has 5 aromatic rings. The predicted octanol–water partition coefficient (Wildman–Crippen LogP) is 7.48. The van der Waals surface area contributed by atoms with Crippen molar-refractivity contribution in [3.05, 3.63) is 155 Å². The van der Waals surface area contributed by atoms with Crippen LogP contribution in [0.25, 0.3) is 0 Å². The summed E-state index contributed by atoms with van der Waals surface area (Å²) in [6.07, 6.45) is 0. The molecule has 0 bridgehead atoms. The number of rotatable bonds is 8. The molecule has 0 aromatic heterocycles. The molecule has 0 saturated carbocycles. The third-order valence-corrected chi connectivity index (χ3v) is 6.06. The zero-order valence-corrected chi connectivity index (χ0v) is 21.1. The molecule has 0 aliphatic rings. The normalized spacial score (nSPS) is 10.2. The zero-order valence-electron chi connectivity index (χ0n) is 21.1. The molecule has 0 spiro atoms. The van der Waals surface area contributed by atoms with Crippen LogP contribution in [0.2, 0.25) is 0 Å². The average molecular weight is 521 g/mol. The van der Waals surface area contributed by atoms with Crippen molar-refractivity contribution < 1.29 is 19.1 Å². The Balaban J connectivity index is 1.42. The number of hydrogen-bond donors (Lipinski definition) is 0. The fourth-order valence-electron chi connectivity index (χ4n) is 4.05. The molecule has 40 heavy (non-hydrogen) atoms. The van der Waals surface area contributed by atoms with Crippen molar-refractivity contribution in [3.63, 3.8) is 0 Å². The maximum atomic E-state index is 13.4. The van der Waals surface area contributed by atoms with Gasteiger partial charge in [-0.25, -0.2) is 0 Å². The minimum Gasteiger partial charge on any atom is -0.456 e. The lowest BCUT2D eigenvalue weighted by atomic mass is 9.96. The van der Waals surface area contributed by atoms with Crippen LogP contribution >= 0.6 is 0 Å². The number of nitrogens with zero attached hydrogens (tertiary/aromatic N) is 2. The smallest absolute Gasteiger partial charge is 0.193 e. The van der Waals surface area contributed by atoms with E-state index in [1.54, 1.807) is 54.6 Å². The van der Waals surface area contributed by atoms with Crippen LogP contribution in [-0.2, 0) is 0 Å². The van der Waals surface area contributed by atoms with Gasteiger partial charge in [0.25, 0.3) is 0 Å². The van der Waals surface area contributed by atoms with Gasteiger partial charge in [-0.2, -0.15) is 10.5 Å². The lowest BCUT2D eigenvalue weighted by molar-refractivity contribution is 0.103. The number of carbonyl (C=O) groups is 2. The first kappa shape index (κ1) is 25.7. The minimum atomic E-state index is -0.329. The number of ether oxygens (including phenoxy) is 2. The average Bonchev–Trinajstić information content (AvgIpc) is 3.01. The van der Waals surface area contributed by atoms with E-state index in [0.717, 1.165) is 0 Å². The van der Waals surface area contributed by atoms with Crippen LogP contribution in [0.15, 0.2) is 121 Å². The van der Waals surface area contributed by atoms with Crippen molar-refractivity contribution in [2.45, 2.75) is 0 Å². The van der Waals surface area contributed by atoms with Gasteiger partial charge in [0.05, 0.1) is 11.1 Å². The van der Waals surface area contributed by atoms with Crippen LogP contribution in [0.5, 0.6) is 23.0 Å². The highest BCUT2D eigenvalue weighted by atomic mass is 16.5. The van der Waals surface area contributed by atoms with Crippen molar-refractivity contribution in [1.82, 2.24) is 0 Å². The van der Waals surface area contributed by atoms with E-state index >= 15 is 0 Å². The summed E-state index contributed by atoms with van der Waals surface area (Å²) in [7, 11) is 0. The fraction of sp³-hybridized carbons (Fsp3) is 0. The molecule has 0 fully saturated rings. The third-order valence-electron chi connectivity index (χ3n) is 6.06. The second kappa shape index (κ2) is 11.6. The molecule has 0 aliphatic carbocycles. The Morgan fingerprint density at radius 3 is 1.27 bits per heavy atom. The van der Waals surface area contributed by atoms with Gasteiger partial charge in [-0.3, -0.25) is 9.59 Å². The standard InChI is InChI=1S/C34H20N2O4/c35-21-27-16-14-25(19-31(27)39-29-10-3-1-4-11-29)33(37)23-8-7-9-24(18-23)34(38)26-15-17-28(22-36)32(20-26)40-30-12-5-2-6-13-30/h1-20H. The second-order valence-electron chi connectivity index (χ2n) is 8.71. The number of para-hydroxylation sites is 2. The van der Waals surface area contributed by atoms with Gasteiger partial charge in [0.1, 0.15) is 35.1 Å². The Morgan fingerprint density at radius 2 is 0.875 bits per heavy atom. The van der Waals surface area contributed by atoms with Crippen molar-refractivity contribution in [2.24, 2.45) is 0 Å². The Kier molecular flexibility index (Phi) is 7.44. The summed E-state index contributed by atoms with van der Waals surface area (Å²) in [4.78, 5) is 26.8. The molecule has 0 amide bonds. The Labute approximate surface area is 230 Å². The summed E-state index contributed by atoms with van der Waals surface area (Å²) in [6.45, 7) is 0. The van der Waals surface area contributed by atoms with Gasteiger partial charge in [-0.15, -0.1) is 0 Å². The van der Waals surface area contributed by atoms with Gasteiger partial charge in [-0.1, -0.05) is 54.6 Å². The Bertz CT molecular complexity index is 1670. The second-order valence-corrected chi connectivity index (χ2v) is 8.71. The highest BCUT2D eigenvalue weighted by molar-refractivity contribution is 6.13. The maximum absolute atomic E-state index is 13.4. The summed E-state index contributed by atoms with van der Waals surface area (Å²) in [6, 6.07) is 37.7. The summed E-state index contributed by atoms with van der Waals surface area (Å²) in [5.74, 6) is 0.934. The number of carbonyl (C=O) groups excluding carboxylic acids is 2. The molecule has 0 N–H and O–H groups in total. The monoisotopic (exact) mass is 520 g/mol. The van der Waals surface area contributed by atoms with Crippen LogP contribution in [0.1, 0.15) is 43.0 Å². The molecule has 0 radical (unpaired) electrons. The lowest BCUT2D eigenvalue weighted by Gasteiger charge is -2.11. The molecule has 6 heteroatoms. The van der Waals surface area contributed by atoms with E-state index in [1.807, 2.05) is 36.4 Å². The fourth-order valence-corrected chi connectivity index (χ4v) is 4.05. The van der Waals surface area contributed by atoms with Crippen LogP contribution in [0.3, 0.4) is 0 Å². The van der Waals surface area contributed by atoms with E-state index in [9.17, 15) is 20.1 Å². The van der Waals surface area contributed by atoms with E-state index < -0.39 is 0 Å².